The van der Waals surface area contributed by atoms with Gasteiger partial charge in [0.2, 0.25) is 5.60 Å². The molecule has 0 spiro atoms. The van der Waals surface area contributed by atoms with Crippen molar-refractivity contribution in [2.24, 2.45) is 0 Å². The molecule has 0 heterocycles. The largest absolute Gasteiger partial charge is 0.481 e. The van der Waals surface area contributed by atoms with Crippen LogP contribution in [0.15, 0.2) is 0 Å². The Morgan fingerprint density at radius 3 is 1.62 bits per heavy atom. The lowest BCUT2D eigenvalue weighted by Crippen LogP contribution is -2.48. The topological polar surface area (TPSA) is 116 Å². The first-order valence-electron chi connectivity index (χ1n) is 12.0. The van der Waals surface area contributed by atoms with Gasteiger partial charge in [-0.25, -0.2) is 4.79 Å². The van der Waals surface area contributed by atoms with Crippen LogP contribution in [0.2, 0.25) is 0 Å². The van der Waals surface area contributed by atoms with Gasteiger partial charge in [-0.1, -0.05) is 78.1 Å². The number of carboxylic acid groups (broad SMARTS) is 1. The van der Waals surface area contributed by atoms with E-state index in [-0.39, 0.29) is 13.2 Å². The van der Waals surface area contributed by atoms with Gasteiger partial charge in [0.05, 0.1) is 26.1 Å². The highest BCUT2D eigenvalue weighted by atomic mass is 16.6. The van der Waals surface area contributed by atoms with Crippen LogP contribution >= 0.6 is 0 Å². The van der Waals surface area contributed by atoms with Gasteiger partial charge in [-0.3, -0.25) is 14.4 Å². The summed E-state index contributed by atoms with van der Waals surface area (Å²) in [5, 5.41) is 9.28. The van der Waals surface area contributed by atoms with E-state index >= 15 is 0 Å². The maximum atomic E-state index is 12.7. The van der Waals surface area contributed by atoms with Crippen LogP contribution in [0, 0.1) is 0 Å². The summed E-state index contributed by atoms with van der Waals surface area (Å²) in [5.74, 6) is -4.07. The van der Waals surface area contributed by atoms with E-state index in [9.17, 15) is 24.3 Å². The number of hydrogen-bond donors (Lipinski definition) is 1. The van der Waals surface area contributed by atoms with Gasteiger partial charge in [-0.2, -0.15) is 0 Å². The van der Waals surface area contributed by atoms with Crippen molar-refractivity contribution >= 4 is 23.9 Å². The van der Waals surface area contributed by atoms with E-state index in [1.165, 1.54) is 6.42 Å². The molecule has 0 aliphatic heterocycles. The van der Waals surface area contributed by atoms with Gasteiger partial charge < -0.3 is 19.3 Å². The minimum atomic E-state index is -2.22. The molecule has 0 bridgehead atoms. The third kappa shape index (κ3) is 14.8. The van der Waals surface area contributed by atoms with E-state index in [0.717, 1.165) is 64.7 Å². The third-order valence-corrected chi connectivity index (χ3v) is 5.07. The molecular weight excluding hydrogens is 416 g/mol. The van der Waals surface area contributed by atoms with Gasteiger partial charge in [0.15, 0.2) is 0 Å². The first-order chi connectivity index (χ1) is 15.3. The SMILES string of the molecule is CCCCCCCCOC(=O)CC(CC(=O)O)(OC(C)=O)C(=O)OCCCCCCCC. The molecule has 0 aliphatic rings. The minimum Gasteiger partial charge on any atom is -0.481 e. The van der Waals surface area contributed by atoms with Crippen LogP contribution in [0.3, 0.4) is 0 Å². The molecule has 0 aromatic rings. The van der Waals surface area contributed by atoms with E-state index in [1.807, 2.05) is 0 Å². The van der Waals surface area contributed by atoms with Crippen LogP contribution < -0.4 is 0 Å². The molecule has 0 amide bonds. The van der Waals surface area contributed by atoms with E-state index in [4.69, 9.17) is 14.2 Å². The van der Waals surface area contributed by atoms with Gasteiger partial charge >= 0.3 is 23.9 Å². The molecule has 0 saturated heterocycles. The molecule has 1 N–H and O–H groups in total. The zero-order chi connectivity index (χ0) is 24.2. The van der Waals surface area contributed by atoms with Crippen molar-refractivity contribution in [2.75, 3.05) is 13.2 Å². The van der Waals surface area contributed by atoms with E-state index in [1.54, 1.807) is 0 Å². The van der Waals surface area contributed by atoms with E-state index in [2.05, 4.69) is 13.8 Å². The van der Waals surface area contributed by atoms with Crippen molar-refractivity contribution in [3.63, 3.8) is 0 Å². The van der Waals surface area contributed by atoms with Gasteiger partial charge in [-0.05, 0) is 12.8 Å². The highest BCUT2D eigenvalue weighted by molar-refractivity contribution is 5.91. The van der Waals surface area contributed by atoms with Gasteiger partial charge in [0, 0.05) is 6.92 Å². The second-order valence-electron chi connectivity index (χ2n) is 8.23. The number of carboxylic acids is 1. The first kappa shape index (κ1) is 29.9. The van der Waals surface area contributed by atoms with E-state index in [0.29, 0.717) is 12.8 Å². The molecule has 0 aliphatic carbocycles. The summed E-state index contributed by atoms with van der Waals surface area (Å²) >= 11 is 0. The Balaban J connectivity index is 4.81. The summed E-state index contributed by atoms with van der Waals surface area (Å²) in [6.45, 7) is 5.55. The van der Waals surface area contributed by atoms with Crippen LogP contribution in [0.1, 0.15) is 111 Å². The van der Waals surface area contributed by atoms with Crippen molar-refractivity contribution < 1.29 is 38.5 Å². The highest BCUT2D eigenvalue weighted by Crippen LogP contribution is 2.25. The standard InChI is InChI=1S/C24H42O8/c1-4-6-8-10-12-14-16-30-22(28)19-24(18-21(26)27,32-20(3)25)23(29)31-17-15-13-11-9-7-5-2/h4-19H2,1-3H3,(H,26,27). The number of rotatable bonds is 20. The fourth-order valence-corrected chi connectivity index (χ4v) is 3.37. The Hall–Kier alpha value is -2.12. The number of carbonyl (C=O) groups is 4. The van der Waals surface area contributed by atoms with Gasteiger partial charge in [0.25, 0.3) is 0 Å². The molecule has 0 radical (unpaired) electrons. The van der Waals surface area contributed by atoms with E-state index < -0.39 is 42.3 Å². The van der Waals surface area contributed by atoms with Crippen LogP contribution in [0.25, 0.3) is 0 Å². The highest BCUT2D eigenvalue weighted by Gasteiger charge is 2.48. The van der Waals surface area contributed by atoms with Crippen molar-refractivity contribution in [3.8, 4) is 0 Å². The van der Waals surface area contributed by atoms with Crippen molar-refractivity contribution in [1.29, 1.82) is 0 Å². The normalized spacial score (nSPS) is 12.6. The van der Waals surface area contributed by atoms with Gasteiger partial charge in [0.1, 0.15) is 0 Å². The number of carbonyl (C=O) groups excluding carboxylic acids is 3. The molecule has 8 nitrogen and oxygen atoms in total. The number of hydrogen-bond acceptors (Lipinski definition) is 7. The predicted octanol–water partition coefficient (Wildman–Crippen LogP) is 4.96. The van der Waals surface area contributed by atoms with Crippen LogP contribution in [0.5, 0.6) is 0 Å². The molecule has 0 saturated carbocycles. The molecule has 0 rings (SSSR count). The van der Waals surface area contributed by atoms with Crippen LogP contribution in [-0.4, -0.2) is 47.8 Å². The number of aliphatic carboxylic acids is 1. The van der Waals surface area contributed by atoms with Crippen LogP contribution in [0.4, 0.5) is 0 Å². The Bertz CT molecular complexity index is 542. The lowest BCUT2D eigenvalue weighted by atomic mass is 9.95. The van der Waals surface area contributed by atoms with Crippen LogP contribution in [-0.2, 0) is 33.4 Å². The number of ether oxygens (including phenoxy) is 3. The fourth-order valence-electron chi connectivity index (χ4n) is 3.37. The average molecular weight is 459 g/mol. The predicted molar refractivity (Wildman–Crippen MR) is 120 cm³/mol. The van der Waals surface area contributed by atoms with Gasteiger partial charge in [-0.15, -0.1) is 0 Å². The summed E-state index contributed by atoms with van der Waals surface area (Å²) in [6.07, 6.45) is 10.4. The average Bonchev–Trinajstić information content (AvgIpc) is 2.71. The Morgan fingerprint density at radius 2 is 1.16 bits per heavy atom. The molecule has 8 heteroatoms. The Morgan fingerprint density at radius 1 is 0.688 bits per heavy atom. The smallest absolute Gasteiger partial charge is 0.351 e. The number of esters is 3. The molecule has 0 fully saturated rings. The molecular formula is C24H42O8. The quantitative estimate of drug-likeness (QED) is 0.155. The maximum Gasteiger partial charge on any atom is 0.351 e. The van der Waals surface area contributed by atoms with Crippen molar-refractivity contribution in [3.05, 3.63) is 0 Å². The lowest BCUT2D eigenvalue weighted by Gasteiger charge is -2.28. The molecule has 1 unspecified atom stereocenters. The minimum absolute atomic E-state index is 0.0698. The fraction of sp³-hybridized carbons (Fsp3) is 0.833. The zero-order valence-electron chi connectivity index (χ0n) is 20.1. The molecule has 32 heavy (non-hydrogen) atoms. The molecule has 1 atom stereocenters. The van der Waals surface area contributed by atoms with Crippen molar-refractivity contribution in [2.45, 2.75) is 116 Å². The van der Waals surface area contributed by atoms with Crippen molar-refractivity contribution in [1.82, 2.24) is 0 Å². The summed E-state index contributed by atoms with van der Waals surface area (Å²) in [5.41, 5.74) is -2.22. The monoisotopic (exact) mass is 458 g/mol. The number of unbranched alkanes of at least 4 members (excludes halogenated alkanes) is 10. The second kappa shape index (κ2) is 18.5. The summed E-state index contributed by atoms with van der Waals surface area (Å²) < 4.78 is 15.4. The second-order valence-corrected chi connectivity index (χ2v) is 8.23. The summed E-state index contributed by atoms with van der Waals surface area (Å²) in [7, 11) is 0. The summed E-state index contributed by atoms with van der Waals surface area (Å²) in [4.78, 5) is 48.0. The third-order valence-electron chi connectivity index (χ3n) is 5.07. The lowest BCUT2D eigenvalue weighted by molar-refractivity contribution is -0.189. The first-order valence-corrected chi connectivity index (χ1v) is 12.0. The molecule has 186 valence electrons. The zero-order valence-corrected chi connectivity index (χ0v) is 20.1. The summed E-state index contributed by atoms with van der Waals surface area (Å²) in [6, 6.07) is 0. The Labute approximate surface area is 192 Å². The molecule has 0 aromatic heterocycles. The Kier molecular flexibility index (Phi) is 17.2. The molecule has 0 aromatic carbocycles. The maximum absolute atomic E-state index is 12.7.